The van der Waals surface area contributed by atoms with E-state index in [1.165, 1.54) is 25.3 Å². The van der Waals surface area contributed by atoms with Crippen molar-refractivity contribution in [3.8, 4) is 11.9 Å². The standard InChI is InChI=1S/C16H18FN3O2/c1-22-14-4-2-13(15(17)8-14)3-5-16(21)19-9-12-6-7-20(10-12)11-18/h2-5,8,12H,6-7,9-10H2,1H3,(H,19,21)/b5-3+. The van der Waals surface area contributed by atoms with Gasteiger partial charge in [0.25, 0.3) is 0 Å². The van der Waals surface area contributed by atoms with E-state index in [4.69, 9.17) is 10.00 Å². The summed E-state index contributed by atoms with van der Waals surface area (Å²) < 4.78 is 18.6. The smallest absolute Gasteiger partial charge is 0.244 e. The van der Waals surface area contributed by atoms with Crippen LogP contribution in [0.25, 0.3) is 6.08 Å². The minimum atomic E-state index is -0.441. The first-order chi connectivity index (χ1) is 10.6. The molecule has 0 aromatic heterocycles. The van der Waals surface area contributed by atoms with Gasteiger partial charge in [0.05, 0.1) is 7.11 Å². The van der Waals surface area contributed by atoms with Crippen LogP contribution < -0.4 is 10.1 Å². The van der Waals surface area contributed by atoms with Gasteiger partial charge in [0, 0.05) is 37.3 Å². The first kappa shape index (κ1) is 15.8. The molecule has 1 heterocycles. The zero-order valence-corrected chi connectivity index (χ0v) is 12.4. The number of hydrogen-bond acceptors (Lipinski definition) is 4. The molecule has 0 spiro atoms. The van der Waals surface area contributed by atoms with E-state index in [-0.39, 0.29) is 11.8 Å². The molecule has 1 aromatic rings. The van der Waals surface area contributed by atoms with Gasteiger partial charge in [-0.3, -0.25) is 4.79 Å². The topological polar surface area (TPSA) is 65.4 Å². The molecule has 6 heteroatoms. The highest BCUT2D eigenvalue weighted by atomic mass is 19.1. The monoisotopic (exact) mass is 303 g/mol. The van der Waals surface area contributed by atoms with Crippen molar-refractivity contribution >= 4 is 12.0 Å². The number of benzene rings is 1. The number of nitriles is 1. The van der Waals surface area contributed by atoms with Crippen molar-refractivity contribution in [3.63, 3.8) is 0 Å². The summed E-state index contributed by atoms with van der Waals surface area (Å²) in [5.41, 5.74) is 0.326. The molecule has 0 bridgehead atoms. The van der Waals surface area contributed by atoms with Gasteiger partial charge in [-0.05, 0) is 30.5 Å². The van der Waals surface area contributed by atoms with Crippen LogP contribution in [0.2, 0.25) is 0 Å². The van der Waals surface area contributed by atoms with E-state index < -0.39 is 5.82 Å². The zero-order chi connectivity index (χ0) is 15.9. The van der Waals surface area contributed by atoms with Crippen LogP contribution in [0.15, 0.2) is 24.3 Å². The Balaban J connectivity index is 1.83. The molecule has 0 radical (unpaired) electrons. The van der Waals surface area contributed by atoms with Crippen molar-refractivity contribution < 1.29 is 13.9 Å². The number of methoxy groups -OCH3 is 1. The third kappa shape index (κ3) is 4.22. The number of halogens is 1. The van der Waals surface area contributed by atoms with Crippen LogP contribution >= 0.6 is 0 Å². The average Bonchev–Trinajstić information content (AvgIpc) is 2.99. The van der Waals surface area contributed by atoms with Crippen LogP contribution in [-0.4, -0.2) is 37.6 Å². The molecule has 1 amide bonds. The molecular formula is C16H18FN3O2. The molecule has 1 aliphatic heterocycles. The fraction of sp³-hybridized carbons (Fsp3) is 0.375. The Hall–Kier alpha value is -2.55. The molecule has 2 rings (SSSR count). The van der Waals surface area contributed by atoms with Gasteiger partial charge in [-0.15, -0.1) is 0 Å². The highest BCUT2D eigenvalue weighted by molar-refractivity contribution is 5.91. The predicted octanol–water partition coefficient (Wildman–Crippen LogP) is 1.77. The van der Waals surface area contributed by atoms with Crippen molar-refractivity contribution in [2.24, 2.45) is 5.92 Å². The highest BCUT2D eigenvalue weighted by Crippen LogP contribution is 2.17. The molecule has 1 saturated heterocycles. The van der Waals surface area contributed by atoms with E-state index in [2.05, 4.69) is 11.5 Å². The van der Waals surface area contributed by atoms with E-state index in [1.807, 2.05) is 0 Å². The number of ether oxygens (including phenoxy) is 1. The number of amides is 1. The second-order valence-electron chi connectivity index (χ2n) is 5.17. The fourth-order valence-electron chi connectivity index (χ4n) is 2.33. The summed E-state index contributed by atoms with van der Waals surface area (Å²) in [6, 6.07) is 4.46. The van der Waals surface area contributed by atoms with Crippen molar-refractivity contribution in [2.45, 2.75) is 6.42 Å². The molecular weight excluding hydrogens is 285 g/mol. The van der Waals surface area contributed by atoms with Crippen LogP contribution in [-0.2, 0) is 4.79 Å². The van der Waals surface area contributed by atoms with E-state index in [9.17, 15) is 9.18 Å². The minimum Gasteiger partial charge on any atom is -0.497 e. The van der Waals surface area contributed by atoms with Gasteiger partial charge in [-0.1, -0.05) is 0 Å². The van der Waals surface area contributed by atoms with Gasteiger partial charge in [0.1, 0.15) is 11.6 Å². The molecule has 1 aromatic carbocycles. The Kier molecular flexibility index (Phi) is 5.37. The molecule has 0 saturated carbocycles. The first-order valence-corrected chi connectivity index (χ1v) is 7.06. The molecule has 1 N–H and O–H groups in total. The van der Waals surface area contributed by atoms with Gasteiger partial charge in [-0.25, -0.2) is 4.39 Å². The second-order valence-corrected chi connectivity index (χ2v) is 5.17. The van der Waals surface area contributed by atoms with Crippen LogP contribution in [0.3, 0.4) is 0 Å². The van der Waals surface area contributed by atoms with Crippen LogP contribution in [0, 0.1) is 23.2 Å². The maximum Gasteiger partial charge on any atom is 0.244 e. The number of hydrogen-bond donors (Lipinski definition) is 1. The van der Waals surface area contributed by atoms with E-state index in [1.54, 1.807) is 17.0 Å². The van der Waals surface area contributed by atoms with Crippen LogP contribution in [0.5, 0.6) is 5.75 Å². The quantitative estimate of drug-likeness (QED) is 0.665. The maximum atomic E-state index is 13.7. The van der Waals surface area contributed by atoms with E-state index in [0.29, 0.717) is 24.4 Å². The lowest BCUT2D eigenvalue weighted by molar-refractivity contribution is -0.116. The summed E-state index contributed by atoms with van der Waals surface area (Å²) in [4.78, 5) is 13.4. The molecule has 116 valence electrons. The number of carbonyl (C=O) groups is 1. The Morgan fingerprint density at radius 1 is 1.64 bits per heavy atom. The molecule has 0 aliphatic carbocycles. The lowest BCUT2D eigenvalue weighted by Gasteiger charge is -2.09. The summed E-state index contributed by atoms with van der Waals surface area (Å²) >= 11 is 0. The first-order valence-electron chi connectivity index (χ1n) is 7.06. The maximum absolute atomic E-state index is 13.7. The second kappa shape index (κ2) is 7.46. The number of rotatable bonds is 5. The number of nitrogens with one attached hydrogen (secondary N) is 1. The zero-order valence-electron chi connectivity index (χ0n) is 12.4. The number of carbonyl (C=O) groups excluding carboxylic acids is 1. The Morgan fingerprint density at radius 2 is 2.45 bits per heavy atom. The van der Waals surface area contributed by atoms with Gasteiger partial charge in [0.2, 0.25) is 5.91 Å². The third-order valence-electron chi connectivity index (χ3n) is 3.61. The summed E-state index contributed by atoms with van der Waals surface area (Å²) in [7, 11) is 1.47. The van der Waals surface area contributed by atoms with Crippen molar-refractivity contribution in [1.29, 1.82) is 5.26 Å². The SMILES string of the molecule is COc1ccc(/C=C/C(=O)NCC2CCN(C#N)C2)c(F)c1. The molecule has 5 nitrogen and oxygen atoms in total. The van der Waals surface area contributed by atoms with E-state index >= 15 is 0 Å². The van der Waals surface area contributed by atoms with Crippen molar-refractivity contribution in [3.05, 3.63) is 35.7 Å². The number of nitrogens with zero attached hydrogens (tertiary/aromatic N) is 2. The minimum absolute atomic E-state index is 0.273. The molecule has 22 heavy (non-hydrogen) atoms. The average molecular weight is 303 g/mol. The largest absolute Gasteiger partial charge is 0.497 e. The Morgan fingerprint density at radius 3 is 3.09 bits per heavy atom. The van der Waals surface area contributed by atoms with Gasteiger partial charge in [-0.2, -0.15) is 5.26 Å². The summed E-state index contributed by atoms with van der Waals surface area (Å²) in [6.45, 7) is 1.93. The van der Waals surface area contributed by atoms with E-state index in [0.717, 1.165) is 13.0 Å². The molecule has 1 atom stereocenters. The van der Waals surface area contributed by atoms with Crippen LogP contribution in [0.1, 0.15) is 12.0 Å². The molecule has 1 fully saturated rings. The predicted molar refractivity (Wildman–Crippen MR) is 80.3 cm³/mol. The summed E-state index contributed by atoms with van der Waals surface area (Å²) in [5, 5.41) is 11.5. The molecule has 1 aliphatic rings. The third-order valence-corrected chi connectivity index (χ3v) is 3.61. The lowest BCUT2D eigenvalue weighted by atomic mass is 10.1. The van der Waals surface area contributed by atoms with Gasteiger partial charge < -0.3 is 15.0 Å². The van der Waals surface area contributed by atoms with Gasteiger partial charge in [0.15, 0.2) is 6.19 Å². The molecule has 1 unspecified atom stereocenters. The van der Waals surface area contributed by atoms with Crippen LogP contribution in [0.4, 0.5) is 4.39 Å². The van der Waals surface area contributed by atoms with Crippen molar-refractivity contribution in [2.75, 3.05) is 26.7 Å². The Bertz CT molecular complexity index is 610. The lowest BCUT2D eigenvalue weighted by Crippen LogP contribution is -2.29. The number of likely N-dealkylation sites (tertiary alicyclic amines) is 1. The fourth-order valence-corrected chi connectivity index (χ4v) is 2.33. The normalized spacial score (nSPS) is 17.5. The Labute approximate surface area is 129 Å². The summed E-state index contributed by atoms with van der Waals surface area (Å²) in [6.07, 6.45) is 5.73. The van der Waals surface area contributed by atoms with Crippen molar-refractivity contribution in [1.82, 2.24) is 10.2 Å². The summed E-state index contributed by atoms with van der Waals surface area (Å²) in [5.74, 6) is 0.00610. The highest BCUT2D eigenvalue weighted by Gasteiger charge is 2.21. The van der Waals surface area contributed by atoms with Gasteiger partial charge >= 0.3 is 0 Å².